The van der Waals surface area contributed by atoms with Crippen molar-refractivity contribution in [2.75, 3.05) is 0 Å². The number of carbonyl (C=O) groups is 1. The van der Waals surface area contributed by atoms with E-state index in [0.717, 1.165) is 21.9 Å². The predicted molar refractivity (Wildman–Crippen MR) is 91.0 cm³/mol. The first-order valence-corrected chi connectivity index (χ1v) is 7.37. The summed E-state index contributed by atoms with van der Waals surface area (Å²) in [5.41, 5.74) is 1.73. The van der Waals surface area contributed by atoms with Gasteiger partial charge in [0.2, 0.25) is 5.90 Å². The van der Waals surface area contributed by atoms with Crippen LogP contribution in [0.15, 0.2) is 83.5 Å². The smallest absolute Gasteiger partial charge is 0.316 e. The van der Waals surface area contributed by atoms with Crippen molar-refractivity contribution in [1.82, 2.24) is 0 Å². The number of amides is 1. The first kappa shape index (κ1) is 13.5. The number of carbonyl (C=O) groups excluding carboxylic acids is 1. The average Bonchev–Trinajstić information content (AvgIpc) is 2.96. The zero-order chi connectivity index (χ0) is 15.6. The van der Waals surface area contributed by atoms with Gasteiger partial charge in [-0.25, -0.2) is 0 Å². The second-order valence-corrected chi connectivity index (χ2v) is 5.27. The molecular weight excluding hydrogens is 286 g/mol. The molecule has 4 rings (SSSR count). The standard InChI is InChI=1S/C20H13NO2/c22-19-18(13-14-7-2-1-3-8-14)23-20(21-19)17-12-6-10-15-9-4-5-11-16(15)17/h1-13H/b18-13+. The van der Waals surface area contributed by atoms with E-state index >= 15 is 0 Å². The van der Waals surface area contributed by atoms with Crippen molar-refractivity contribution in [2.45, 2.75) is 0 Å². The highest BCUT2D eigenvalue weighted by atomic mass is 16.5. The molecule has 1 aliphatic heterocycles. The molecule has 0 bridgehead atoms. The van der Waals surface area contributed by atoms with Gasteiger partial charge < -0.3 is 4.74 Å². The van der Waals surface area contributed by atoms with Crippen LogP contribution in [0.25, 0.3) is 16.8 Å². The van der Waals surface area contributed by atoms with Crippen molar-refractivity contribution in [3.63, 3.8) is 0 Å². The van der Waals surface area contributed by atoms with Gasteiger partial charge in [0.25, 0.3) is 0 Å². The summed E-state index contributed by atoms with van der Waals surface area (Å²) in [4.78, 5) is 16.2. The molecule has 0 saturated carbocycles. The minimum atomic E-state index is -0.350. The Morgan fingerprint density at radius 1 is 0.826 bits per heavy atom. The molecule has 3 aromatic carbocycles. The summed E-state index contributed by atoms with van der Waals surface area (Å²) in [6.45, 7) is 0. The normalized spacial score (nSPS) is 15.7. The number of fused-ring (bicyclic) bond motifs is 1. The Labute approximate surface area is 133 Å². The first-order valence-electron chi connectivity index (χ1n) is 7.37. The van der Waals surface area contributed by atoms with E-state index in [1.807, 2.05) is 72.8 Å². The molecule has 0 saturated heterocycles. The molecule has 1 heterocycles. The molecule has 0 N–H and O–H groups in total. The zero-order valence-electron chi connectivity index (χ0n) is 12.3. The van der Waals surface area contributed by atoms with Gasteiger partial charge in [-0.05, 0) is 28.5 Å². The van der Waals surface area contributed by atoms with Crippen molar-refractivity contribution in [3.05, 3.63) is 89.7 Å². The van der Waals surface area contributed by atoms with E-state index in [1.165, 1.54) is 0 Å². The number of aliphatic imine (C=N–C) groups is 1. The number of hydrogen-bond donors (Lipinski definition) is 0. The maximum atomic E-state index is 12.1. The lowest BCUT2D eigenvalue weighted by molar-refractivity contribution is -0.115. The molecule has 0 spiro atoms. The molecule has 0 unspecified atom stereocenters. The summed E-state index contributed by atoms with van der Waals surface area (Å²) in [5, 5.41) is 2.10. The monoisotopic (exact) mass is 299 g/mol. The third kappa shape index (κ3) is 2.53. The highest BCUT2D eigenvalue weighted by Gasteiger charge is 2.24. The van der Waals surface area contributed by atoms with Gasteiger partial charge in [0.05, 0.1) is 0 Å². The fraction of sp³-hybridized carbons (Fsp3) is 0. The summed E-state index contributed by atoms with van der Waals surface area (Å²) in [5.74, 6) is 0.255. The van der Waals surface area contributed by atoms with Crippen molar-refractivity contribution in [2.24, 2.45) is 4.99 Å². The predicted octanol–water partition coefficient (Wildman–Crippen LogP) is 4.18. The molecule has 0 aliphatic carbocycles. The highest BCUT2D eigenvalue weighted by molar-refractivity contribution is 6.18. The van der Waals surface area contributed by atoms with Gasteiger partial charge in [-0.2, -0.15) is 4.99 Å². The molecule has 0 aromatic heterocycles. The van der Waals surface area contributed by atoms with Gasteiger partial charge in [0.1, 0.15) is 0 Å². The maximum Gasteiger partial charge on any atom is 0.316 e. The Morgan fingerprint density at radius 3 is 2.43 bits per heavy atom. The Balaban J connectivity index is 1.73. The Bertz CT molecular complexity index is 950. The van der Waals surface area contributed by atoms with Crippen LogP contribution in [0.5, 0.6) is 0 Å². The highest BCUT2D eigenvalue weighted by Crippen LogP contribution is 2.24. The summed E-state index contributed by atoms with van der Waals surface area (Å²) in [6, 6.07) is 23.4. The minimum absolute atomic E-state index is 0.249. The van der Waals surface area contributed by atoms with Crippen LogP contribution in [0.4, 0.5) is 0 Å². The number of hydrogen-bond acceptors (Lipinski definition) is 2. The van der Waals surface area contributed by atoms with Crippen molar-refractivity contribution >= 4 is 28.7 Å². The average molecular weight is 299 g/mol. The molecule has 23 heavy (non-hydrogen) atoms. The summed E-state index contributed by atoms with van der Waals surface area (Å²) in [7, 11) is 0. The Morgan fingerprint density at radius 2 is 1.57 bits per heavy atom. The largest absolute Gasteiger partial charge is 0.432 e. The van der Waals surface area contributed by atoms with E-state index in [4.69, 9.17) is 4.74 Å². The number of nitrogens with zero attached hydrogens (tertiary/aromatic N) is 1. The Kier molecular flexibility index (Phi) is 3.24. The molecule has 0 radical (unpaired) electrons. The van der Waals surface area contributed by atoms with Crippen molar-refractivity contribution < 1.29 is 9.53 Å². The van der Waals surface area contributed by atoms with Gasteiger partial charge in [-0.15, -0.1) is 0 Å². The van der Waals surface area contributed by atoms with E-state index in [0.29, 0.717) is 5.90 Å². The van der Waals surface area contributed by atoms with Crippen LogP contribution in [0.1, 0.15) is 11.1 Å². The lowest BCUT2D eigenvalue weighted by atomic mass is 10.0. The molecule has 0 fully saturated rings. The quantitative estimate of drug-likeness (QED) is 0.666. The molecule has 0 atom stereocenters. The summed E-state index contributed by atoms with van der Waals surface area (Å²) >= 11 is 0. The fourth-order valence-corrected chi connectivity index (χ4v) is 2.64. The van der Waals surface area contributed by atoms with Crippen LogP contribution in [0, 0.1) is 0 Å². The topological polar surface area (TPSA) is 38.7 Å². The van der Waals surface area contributed by atoms with E-state index in [2.05, 4.69) is 4.99 Å². The van der Waals surface area contributed by atoms with Crippen LogP contribution in [-0.2, 0) is 9.53 Å². The third-order valence-electron chi connectivity index (χ3n) is 3.74. The van der Waals surface area contributed by atoms with Gasteiger partial charge in [-0.3, -0.25) is 4.79 Å². The van der Waals surface area contributed by atoms with Crippen LogP contribution < -0.4 is 0 Å². The molecule has 1 amide bonds. The zero-order valence-corrected chi connectivity index (χ0v) is 12.3. The van der Waals surface area contributed by atoms with Crippen LogP contribution in [-0.4, -0.2) is 11.8 Å². The summed E-state index contributed by atoms with van der Waals surface area (Å²) in [6.07, 6.45) is 1.71. The molecule has 3 nitrogen and oxygen atoms in total. The lowest BCUT2D eigenvalue weighted by Crippen LogP contribution is -2.01. The van der Waals surface area contributed by atoms with Crippen LogP contribution in [0.2, 0.25) is 0 Å². The Hall–Kier alpha value is -3.20. The molecular formula is C20H13NO2. The van der Waals surface area contributed by atoms with E-state index in [9.17, 15) is 4.79 Å². The second-order valence-electron chi connectivity index (χ2n) is 5.27. The SMILES string of the molecule is O=C1N=C(c2cccc3ccccc23)O/C1=C/c1ccccc1. The first-order chi connectivity index (χ1) is 11.3. The van der Waals surface area contributed by atoms with E-state index < -0.39 is 0 Å². The van der Waals surface area contributed by atoms with E-state index in [-0.39, 0.29) is 11.7 Å². The van der Waals surface area contributed by atoms with Gasteiger partial charge in [0.15, 0.2) is 5.76 Å². The van der Waals surface area contributed by atoms with Gasteiger partial charge >= 0.3 is 5.91 Å². The minimum Gasteiger partial charge on any atom is -0.432 e. The van der Waals surface area contributed by atoms with Gasteiger partial charge in [-0.1, -0.05) is 66.7 Å². The maximum absolute atomic E-state index is 12.1. The number of rotatable bonds is 2. The molecule has 3 heteroatoms. The molecule has 110 valence electrons. The lowest BCUT2D eigenvalue weighted by Gasteiger charge is -2.06. The van der Waals surface area contributed by atoms with E-state index in [1.54, 1.807) is 6.08 Å². The number of benzene rings is 3. The number of ether oxygens (including phenoxy) is 1. The van der Waals surface area contributed by atoms with Crippen molar-refractivity contribution in [3.8, 4) is 0 Å². The van der Waals surface area contributed by atoms with Gasteiger partial charge in [0, 0.05) is 5.56 Å². The molecule has 3 aromatic rings. The molecule has 1 aliphatic rings. The summed E-state index contributed by atoms with van der Waals surface area (Å²) < 4.78 is 5.73. The third-order valence-corrected chi connectivity index (χ3v) is 3.74. The van der Waals surface area contributed by atoms with Crippen LogP contribution in [0.3, 0.4) is 0 Å². The second kappa shape index (κ2) is 5.54. The van der Waals surface area contributed by atoms with Crippen molar-refractivity contribution in [1.29, 1.82) is 0 Å². The fourth-order valence-electron chi connectivity index (χ4n) is 2.64. The van der Waals surface area contributed by atoms with Crippen LogP contribution >= 0.6 is 0 Å².